The van der Waals surface area contributed by atoms with Crippen molar-refractivity contribution >= 4 is 16.6 Å². The van der Waals surface area contributed by atoms with Crippen molar-refractivity contribution in [3.8, 4) is 22.8 Å². The average Bonchev–Trinajstić information content (AvgIpc) is 2.73. The minimum atomic E-state index is 0.730. The molecule has 1 aliphatic heterocycles. The summed E-state index contributed by atoms with van der Waals surface area (Å²) in [4.78, 5) is 9.72. The van der Waals surface area contributed by atoms with Crippen LogP contribution < -0.4 is 14.4 Å². The van der Waals surface area contributed by atoms with Crippen LogP contribution in [0.15, 0.2) is 42.5 Å². The Bertz CT molecular complexity index is 977. The first-order valence-corrected chi connectivity index (χ1v) is 9.66. The van der Waals surface area contributed by atoms with Gasteiger partial charge in [-0.05, 0) is 43.8 Å². The van der Waals surface area contributed by atoms with Crippen molar-refractivity contribution in [1.29, 1.82) is 0 Å². The molecule has 1 fully saturated rings. The second-order valence-corrected chi connectivity index (χ2v) is 7.39. The molecule has 4 rings (SSSR count). The number of piperazine rings is 1. The van der Waals surface area contributed by atoms with E-state index in [-0.39, 0.29) is 0 Å². The summed E-state index contributed by atoms with van der Waals surface area (Å²) >= 11 is 0. The lowest BCUT2D eigenvalue weighted by molar-refractivity contribution is 0.313. The molecule has 3 aromatic rings. The van der Waals surface area contributed by atoms with Gasteiger partial charge in [-0.1, -0.05) is 12.1 Å². The summed E-state index contributed by atoms with van der Waals surface area (Å²) < 4.78 is 11.0. The first-order valence-electron chi connectivity index (χ1n) is 9.66. The maximum atomic E-state index is 5.57. The number of likely N-dealkylation sites (N-methyl/N-ethyl adjacent to an activating group) is 1. The van der Waals surface area contributed by atoms with Crippen LogP contribution in [0.1, 0.15) is 5.56 Å². The molecular weight excluding hydrogens is 350 g/mol. The molecule has 0 spiro atoms. The summed E-state index contributed by atoms with van der Waals surface area (Å²) in [6.07, 6.45) is 0. The lowest BCUT2D eigenvalue weighted by Crippen LogP contribution is -2.44. The molecule has 5 nitrogen and oxygen atoms in total. The zero-order valence-electron chi connectivity index (χ0n) is 17.0. The van der Waals surface area contributed by atoms with Gasteiger partial charge < -0.3 is 19.3 Å². The minimum absolute atomic E-state index is 0.730. The summed E-state index contributed by atoms with van der Waals surface area (Å²) in [6, 6.07) is 14.8. The van der Waals surface area contributed by atoms with E-state index in [0.717, 1.165) is 65.4 Å². The predicted octanol–water partition coefficient (Wildman–Crippen LogP) is 3.98. The highest BCUT2D eigenvalue weighted by Crippen LogP contribution is 2.34. The van der Waals surface area contributed by atoms with Crippen molar-refractivity contribution < 1.29 is 9.47 Å². The quantitative estimate of drug-likeness (QED) is 0.688. The number of fused-ring (bicyclic) bond motifs is 1. The molecule has 0 bridgehead atoms. The Hall–Kier alpha value is -2.79. The predicted molar refractivity (Wildman–Crippen MR) is 115 cm³/mol. The Kier molecular flexibility index (Phi) is 5.09. The first kappa shape index (κ1) is 18.6. The molecule has 0 N–H and O–H groups in total. The molecule has 0 saturated carbocycles. The fraction of sp³-hybridized carbons (Fsp3) is 0.348. The van der Waals surface area contributed by atoms with Crippen molar-refractivity contribution in [1.82, 2.24) is 9.88 Å². The van der Waals surface area contributed by atoms with Crippen LogP contribution in [-0.2, 0) is 0 Å². The lowest BCUT2D eigenvalue weighted by Gasteiger charge is -2.34. The van der Waals surface area contributed by atoms with Crippen LogP contribution in [0.4, 0.5) is 5.69 Å². The number of ether oxygens (including phenoxy) is 2. The van der Waals surface area contributed by atoms with Gasteiger partial charge in [0.2, 0.25) is 0 Å². The third kappa shape index (κ3) is 3.50. The van der Waals surface area contributed by atoms with E-state index < -0.39 is 0 Å². The summed E-state index contributed by atoms with van der Waals surface area (Å²) in [6.45, 7) is 6.46. The molecule has 2 aromatic carbocycles. The maximum Gasteiger partial charge on any atom is 0.148 e. The molecule has 0 aliphatic carbocycles. The maximum absolute atomic E-state index is 5.57. The van der Waals surface area contributed by atoms with E-state index in [0.29, 0.717) is 0 Å². The van der Waals surface area contributed by atoms with Crippen LogP contribution in [0.25, 0.3) is 22.2 Å². The number of hydrogen-bond donors (Lipinski definition) is 0. The zero-order valence-corrected chi connectivity index (χ0v) is 17.0. The highest BCUT2D eigenvalue weighted by Gasteiger charge is 2.15. The van der Waals surface area contributed by atoms with E-state index in [1.165, 1.54) is 5.69 Å². The molecule has 5 heteroatoms. The molecule has 0 unspecified atom stereocenters. The van der Waals surface area contributed by atoms with Gasteiger partial charge in [0.05, 0.1) is 19.9 Å². The molecule has 2 heterocycles. The fourth-order valence-electron chi connectivity index (χ4n) is 3.76. The second kappa shape index (κ2) is 7.68. The SMILES string of the molecule is COc1cc(OC)c2nc(-c3ccc(N4CCN(C)CC4)cc3)cc(C)c2c1. The number of aryl methyl sites for hydroxylation is 1. The fourth-order valence-corrected chi connectivity index (χ4v) is 3.76. The number of nitrogens with zero attached hydrogens (tertiary/aromatic N) is 3. The van der Waals surface area contributed by atoms with Gasteiger partial charge in [0.1, 0.15) is 17.0 Å². The highest BCUT2D eigenvalue weighted by molar-refractivity contribution is 5.91. The number of methoxy groups -OCH3 is 2. The molecule has 146 valence electrons. The molecule has 1 aliphatic rings. The van der Waals surface area contributed by atoms with Crippen LogP contribution in [0, 0.1) is 6.92 Å². The lowest BCUT2D eigenvalue weighted by atomic mass is 10.0. The Morgan fingerprint density at radius 3 is 2.25 bits per heavy atom. The van der Waals surface area contributed by atoms with Gasteiger partial charge >= 0.3 is 0 Å². The van der Waals surface area contributed by atoms with Gasteiger partial charge in [-0.25, -0.2) is 4.98 Å². The van der Waals surface area contributed by atoms with E-state index in [4.69, 9.17) is 14.5 Å². The van der Waals surface area contributed by atoms with Gasteiger partial charge in [-0.2, -0.15) is 0 Å². The van der Waals surface area contributed by atoms with Crippen molar-refractivity contribution in [2.24, 2.45) is 0 Å². The Labute approximate surface area is 166 Å². The Morgan fingerprint density at radius 2 is 1.61 bits per heavy atom. The van der Waals surface area contributed by atoms with Crippen LogP contribution >= 0.6 is 0 Å². The number of aromatic nitrogens is 1. The van der Waals surface area contributed by atoms with Gasteiger partial charge in [-0.3, -0.25) is 0 Å². The largest absolute Gasteiger partial charge is 0.497 e. The van der Waals surface area contributed by atoms with Crippen molar-refractivity contribution in [3.63, 3.8) is 0 Å². The van der Waals surface area contributed by atoms with Crippen molar-refractivity contribution in [2.75, 3.05) is 52.3 Å². The van der Waals surface area contributed by atoms with Crippen LogP contribution in [-0.4, -0.2) is 57.3 Å². The highest BCUT2D eigenvalue weighted by atomic mass is 16.5. The summed E-state index contributed by atoms with van der Waals surface area (Å²) in [7, 11) is 5.51. The summed E-state index contributed by atoms with van der Waals surface area (Å²) in [5.74, 6) is 1.51. The normalized spacial score (nSPS) is 15.1. The number of anilines is 1. The van der Waals surface area contributed by atoms with E-state index in [9.17, 15) is 0 Å². The van der Waals surface area contributed by atoms with Gasteiger partial charge in [0.25, 0.3) is 0 Å². The monoisotopic (exact) mass is 377 g/mol. The molecule has 0 radical (unpaired) electrons. The third-order valence-electron chi connectivity index (χ3n) is 5.55. The zero-order chi connectivity index (χ0) is 19.7. The Morgan fingerprint density at radius 1 is 0.893 bits per heavy atom. The van der Waals surface area contributed by atoms with E-state index in [1.807, 2.05) is 12.1 Å². The van der Waals surface area contributed by atoms with Gasteiger partial charge in [0.15, 0.2) is 0 Å². The topological polar surface area (TPSA) is 37.8 Å². The number of pyridine rings is 1. The minimum Gasteiger partial charge on any atom is -0.497 e. The van der Waals surface area contributed by atoms with Crippen molar-refractivity contribution in [3.05, 3.63) is 48.0 Å². The molecule has 0 atom stereocenters. The van der Waals surface area contributed by atoms with Crippen LogP contribution in [0.2, 0.25) is 0 Å². The molecular formula is C23H27N3O2. The number of hydrogen-bond acceptors (Lipinski definition) is 5. The smallest absolute Gasteiger partial charge is 0.148 e. The molecule has 28 heavy (non-hydrogen) atoms. The van der Waals surface area contributed by atoms with E-state index >= 15 is 0 Å². The average molecular weight is 377 g/mol. The van der Waals surface area contributed by atoms with Gasteiger partial charge in [0, 0.05) is 48.9 Å². The summed E-state index contributed by atoms with van der Waals surface area (Å²) in [5.41, 5.74) is 5.36. The molecule has 1 aromatic heterocycles. The standard InChI is InChI=1S/C23H27N3O2/c1-16-13-21(24-23-20(16)14-19(27-3)15-22(23)28-4)17-5-7-18(8-6-17)26-11-9-25(2)10-12-26/h5-8,13-15H,9-12H2,1-4H3. The van der Waals surface area contributed by atoms with Crippen molar-refractivity contribution in [2.45, 2.75) is 6.92 Å². The summed E-state index contributed by atoms with van der Waals surface area (Å²) in [5, 5.41) is 1.05. The Balaban J connectivity index is 1.69. The van der Waals surface area contributed by atoms with Crippen LogP contribution in [0.3, 0.4) is 0 Å². The molecule has 0 amide bonds. The number of benzene rings is 2. The van der Waals surface area contributed by atoms with Gasteiger partial charge in [-0.15, -0.1) is 0 Å². The van der Waals surface area contributed by atoms with Crippen LogP contribution in [0.5, 0.6) is 11.5 Å². The second-order valence-electron chi connectivity index (χ2n) is 7.39. The third-order valence-corrected chi connectivity index (χ3v) is 5.55. The first-order chi connectivity index (χ1) is 13.6. The molecule has 1 saturated heterocycles. The van der Waals surface area contributed by atoms with E-state index in [2.05, 4.69) is 54.1 Å². The van der Waals surface area contributed by atoms with E-state index in [1.54, 1.807) is 14.2 Å². The number of rotatable bonds is 4.